The highest BCUT2D eigenvalue weighted by Crippen LogP contribution is 2.29. The van der Waals surface area contributed by atoms with Crippen LogP contribution in [0.25, 0.3) is 0 Å². The fourth-order valence-corrected chi connectivity index (χ4v) is 2.25. The van der Waals surface area contributed by atoms with Crippen LogP contribution in [-0.4, -0.2) is 0 Å². The maximum Gasteiger partial charge on any atom is 0.128 e. The van der Waals surface area contributed by atoms with E-state index < -0.39 is 0 Å². The van der Waals surface area contributed by atoms with Crippen molar-refractivity contribution in [2.24, 2.45) is 5.73 Å². The molecule has 0 saturated carbocycles. The molecule has 0 aliphatic heterocycles. The Balaban J connectivity index is 2.29. The summed E-state index contributed by atoms with van der Waals surface area (Å²) in [6.45, 7) is 1.96. The molecule has 1 aliphatic carbocycles. The summed E-state index contributed by atoms with van der Waals surface area (Å²) in [5.41, 5.74) is 9.01. The topological polar surface area (TPSA) is 26.0 Å². The van der Waals surface area contributed by atoms with Gasteiger partial charge in [0.05, 0.1) is 6.04 Å². The predicted octanol–water partition coefficient (Wildman–Crippen LogP) is 3.63. The van der Waals surface area contributed by atoms with E-state index in [0.29, 0.717) is 5.56 Å². The maximum absolute atomic E-state index is 13.7. The SMILES string of the molecule is Cc1ccc(F)c(C(N)C2=CCCCC2)c1. The number of benzene rings is 1. The molecule has 1 unspecified atom stereocenters. The Labute approximate surface area is 96.2 Å². The zero-order valence-corrected chi connectivity index (χ0v) is 9.67. The van der Waals surface area contributed by atoms with Crippen molar-refractivity contribution in [2.45, 2.75) is 38.6 Å². The van der Waals surface area contributed by atoms with Gasteiger partial charge in [0.15, 0.2) is 0 Å². The van der Waals surface area contributed by atoms with Crippen LogP contribution < -0.4 is 5.73 Å². The molecule has 1 aromatic carbocycles. The minimum absolute atomic E-state index is 0.190. The second-order valence-electron chi connectivity index (χ2n) is 4.53. The molecule has 1 aromatic rings. The van der Waals surface area contributed by atoms with E-state index >= 15 is 0 Å². The monoisotopic (exact) mass is 219 g/mol. The molecule has 0 heterocycles. The number of allylic oxidation sites excluding steroid dienone is 1. The molecule has 2 N–H and O–H groups in total. The van der Waals surface area contributed by atoms with Gasteiger partial charge < -0.3 is 5.73 Å². The third kappa shape index (κ3) is 2.33. The lowest BCUT2D eigenvalue weighted by molar-refractivity contribution is 0.582. The molecule has 0 radical (unpaired) electrons. The first-order chi connectivity index (χ1) is 7.68. The second kappa shape index (κ2) is 4.79. The van der Waals surface area contributed by atoms with E-state index in [-0.39, 0.29) is 11.9 Å². The zero-order valence-electron chi connectivity index (χ0n) is 9.67. The first kappa shape index (κ1) is 11.3. The Kier molecular flexibility index (Phi) is 3.39. The standard InChI is InChI=1S/C14H18FN/c1-10-7-8-13(15)12(9-10)14(16)11-5-3-2-4-6-11/h5,7-9,14H,2-4,6,16H2,1H3. The molecular formula is C14H18FN. The third-order valence-electron chi connectivity index (χ3n) is 3.21. The summed E-state index contributed by atoms with van der Waals surface area (Å²) in [4.78, 5) is 0. The van der Waals surface area contributed by atoms with Crippen LogP contribution in [0.3, 0.4) is 0 Å². The Hall–Kier alpha value is -1.15. The van der Waals surface area contributed by atoms with E-state index in [2.05, 4.69) is 6.08 Å². The van der Waals surface area contributed by atoms with Crippen LogP contribution in [0.15, 0.2) is 29.8 Å². The zero-order chi connectivity index (χ0) is 11.5. The summed E-state index contributed by atoms with van der Waals surface area (Å²) in [6.07, 6.45) is 6.67. The molecule has 0 fully saturated rings. The first-order valence-electron chi connectivity index (χ1n) is 5.89. The number of hydrogen-bond acceptors (Lipinski definition) is 1. The van der Waals surface area contributed by atoms with Gasteiger partial charge in [-0.1, -0.05) is 29.3 Å². The molecule has 1 aliphatic rings. The van der Waals surface area contributed by atoms with E-state index in [1.807, 2.05) is 13.0 Å². The lowest BCUT2D eigenvalue weighted by atomic mass is 9.90. The Morgan fingerprint density at radius 2 is 2.12 bits per heavy atom. The van der Waals surface area contributed by atoms with Crippen molar-refractivity contribution >= 4 is 0 Å². The Morgan fingerprint density at radius 1 is 1.31 bits per heavy atom. The number of nitrogens with two attached hydrogens (primary N) is 1. The van der Waals surface area contributed by atoms with Crippen LogP contribution >= 0.6 is 0 Å². The first-order valence-corrected chi connectivity index (χ1v) is 5.89. The molecule has 86 valence electrons. The molecule has 0 aromatic heterocycles. The van der Waals surface area contributed by atoms with Crippen LogP contribution in [0, 0.1) is 12.7 Å². The molecule has 1 atom stereocenters. The van der Waals surface area contributed by atoms with Crippen LogP contribution in [-0.2, 0) is 0 Å². The smallest absolute Gasteiger partial charge is 0.128 e. The van der Waals surface area contributed by atoms with Gasteiger partial charge in [-0.15, -0.1) is 0 Å². The van der Waals surface area contributed by atoms with E-state index in [1.54, 1.807) is 6.07 Å². The molecule has 2 rings (SSSR count). The van der Waals surface area contributed by atoms with E-state index in [1.165, 1.54) is 24.5 Å². The Bertz CT molecular complexity index is 409. The molecule has 16 heavy (non-hydrogen) atoms. The van der Waals surface area contributed by atoms with Gasteiger partial charge in [-0.25, -0.2) is 4.39 Å². The maximum atomic E-state index is 13.7. The van der Waals surface area contributed by atoms with E-state index in [4.69, 9.17) is 5.73 Å². The summed E-state index contributed by atoms with van der Waals surface area (Å²) >= 11 is 0. The fraction of sp³-hybridized carbons (Fsp3) is 0.429. The highest BCUT2D eigenvalue weighted by Gasteiger charge is 2.17. The number of hydrogen-bond donors (Lipinski definition) is 1. The molecule has 2 heteroatoms. The number of halogens is 1. The summed E-state index contributed by atoms with van der Waals surface area (Å²) in [6, 6.07) is 4.88. The molecule has 0 amide bonds. The van der Waals surface area contributed by atoms with Crippen molar-refractivity contribution in [3.63, 3.8) is 0 Å². The third-order valence-corrected chi connectivity index (χ3v) is 3.21. The quantitative estimate of drug-likeness (QED) is 0.755. The minimum Gasteiger partial charge on any atom is -0.320 e. The second-order valence-corrected chi connectivity index (χ2v) is 4.53. The number of aryl methyl sites for hydroxylation is 1. The van der Waals surface area contributed by atoms with Crippen molar-refractivity contribution in [1.29, 1.82) is 0 Å². The van der Waals surface area contributed by atoms with Gasteiger partial charge in [-0.05, 0) is 38.7 Å². The van der Waals surface area contributed by atoms with Crippen LogP contribution in [0.4, 0.5) is 4.39 Å². The Morgan fingerprint density at radius 3 is 2.81 bits per heavy atom. The molecule has 0 bridgehead atoms. The van der Waals surface area contributed by atoms with Crippen LogP contribution in [0.1, 0.15) is 42.9 Å². The summed E-state index contributed by atoms with van der Waals surface area (Å²) in [7, 11) is 0. The van der Waals surface area contributed by atoms with Gasteiger partial charge in [-0.2, -0.15) is 0 Å². The normalized spacial score (nSPS) is 18.1. The highest BCUT2D eigenvalue weighted by molar-refractivity contribution is 5.32. The summed E-state index contributed by atoms with van der Waals surface area (Å²) in [5.74, 6) is -0.190. The van der Waals surface area contributed by atoms with Crippen molar-refractivity contribution in [3.8, 4) is 0 Å². The van der Waals surface area contributed by atoms with Crippen molar-refractivity contribution in [1.82, 2.24) is 0 Å². The molecular weight excluding hydrogens is 201 g/mol. The van der Waals surface area contributed by atoms with Gasteiger partial charge in [0, 0.05) is 5.56 Å². The lowest BCUT2D eigenvalue weighted by Gasteiger charge is -2.20. The largest absolute Gasteiger partial charge is 0.320 e. The fourth-order valence-electron chi connectivity index (χ4n) is 2.25. The average molecular weight is 219 g/mol. The van der Waals surface area contributed by atoms with Crippen LogP contribution in [0.2, 0.25) is 0 Å². The average Bonchev–Trinajstić information content (AvgIpc) is 2.32. The van der Waals surface area contributed by atoms with Crippen molar-refractivity contribution < 1.29 is 4.39 Å². The van der Waals surface area contributed by atoms with E-state index in [9.17, 15) is 4.39 Å². The van der Waals surface area contributed by atoms with E-state index in [0.717, 1.165) is 18.4 Å². The number of rotatable bonds is 2. The summed E-state index contributed by atoms with van der Waals surface area (Å²) < 4.78 is 13.7. The van der Waals surface area contributed by atoms with Gasteiger partial charge >= 0.3 is 0 Å². The van der Waals surface area contributed by atoms with Gasteiger partial charge in [0.2, 0.25) is 0 Å². The molecule has 1 nitrogen and oxygen atoms in total. The van der Waals surface area contributed by atoms with Crippen molar-refractivity contribution in [3.05, 3.63) is 46.8 Å². The van der Waals surface area contributed by atoms with Crippen LogP contribution in [0.5, 0.6) is 0 Å². The van der Waals surface area contributed by atoms with Gasteiger partial charge in [0.25, 0.3) is 0 Å². The predicted molar refractivity (Wildman–Crippen MR) is 64.6 cm³/mol. The highest BCUT2D eigenvalue weighted by atomic mass is 19.1. The lowest BCUT2D eigenvalue weighted by Crippen LogP contribution is -2.16. The van der Waals surface area contributed by atoms with Crippen molar-refractivity contribution in [2.75, 3.05) is 0 Å². The minimum atomic E-state index is -0.264. The van der Waals surface area contributed by atoms with Gasteiger partial charge in [0.1, 0.15) is 5.82 Å². The summed E-state index contributed by atoms with van der Waals surface area (Å²) in [5, 5.41) is 0. The molecule has 0 saturated heterocycles. The van der Waals surface area contributed by atoms with Gasteiger partial charge in [-0.3, -0.25) is 0 Å². The molecule has 0 spiro atoms.